The summed E-state index contributed by atoms with van der Waals surface area (Å²) in [5.74, 6) is 0.0284. The summed E-state index contributed by atoms with van der Waals surface area (Å²) in [6.07, 6.45) is 1.27. The molecule has 0 bridgehead atoms. The van der Waals surface area contributed by atoms with E-state index in [1.54, 1.807) is 0 Å². The highest BCUT2D eigenvalue weighted by Gasteiger charge is 2.31. The van der Waals surface area contributed by atoms with Gasteiger partial charge >= 0.3 is 0 Å². The Morgan fingerprint density at radius 1 is 1.50 bits per heavy atom. The maximum atomic E-state index is 11.3. The van der Waals surface area contributed by atoms with Crippen LogP contribution in [0.5, 0.6) is 0 Å². The highest BCUT2D eigenvalue weighted by atomic mass is 16.5. The van der Waals surface area contributed by atoms with Gasteiger partial charge in [0.2, 0.25) is 0 Å². The van der Waals surface area contributed by atoms with Gasteiger partial charge < -0.3 is 14.6 Å². The van der Waals surface area contributed by atoms with E-state index in [9.17, 15) is 9.90 Å². The van der Waals surface area contributed by atoms with Gasteiger partial charge in [0.1, 0.15) is 6.61 Å². The molecule has 0 aromatic carbocycles. The Morgan fingerprint density at radius 2 is 2.12 bits per heavy atom. The fourth-order valence-electron chi connectivity index (χ4n) is 1.98. The zero-order valence-electron chi connectivity index (χ0n) is 10.1. The number of carbonyl (C=O) groups excluding carboxylic acids is 1. The summed E-state index contributed by atoms with van der Waals surface area (Å²) in [6.45, 7) is 2.14. The van der Waals surface area contributed by atoms with E-state index in [-0.39, 0.29) is 12.4 Å². The molecule has 0 aliphatic carbocycles. The predicted octanol–water partition coefficient (Wildman–Crippen LogP) is -0.325. The van der Waals surface area contributed by atoms with E-state index in [2.05, 4.69) is 0 Å². The number of ketones is 1. The summed E-state index contributed by atoms with van der Waals surface area (Å²) in [5, 5.41) is 10.2. The second-order valence-corrected chi connectivity index (χ2v) is 4.48. The van der Waals surface area contributed by atoms with Crippen LogP contribution in [0.25, 0.3) is 0 Å². The zero-order valence-corrected chi connectivity index (χ0v) is 10.1. The third-order valence-corrected chi connectivity index (χ3v) is 2.74. The Bertz CT molecular complexity index is 226. The largest absolute Gasteiger partial charge is 0.388 e. The van der Waals surface area contributed by atoms with Gasteiger partial charge in [-0.25, -0.2) is 0 Å². The second kappa shape index (κ2) is 6.30. The van der Waals surface area contributed by atoms with E-state index < -0.39 is 5.60 Å². The van der Waals surface area contributed by atoms with E-state index in [4.69, 9.17) is 9.47 Å². The van der Waals surface area contributed by atoms with Crippen molar-refractivity contribution in [3.8, 4) is 0 Å². The van der Waals surface area contributed by atoms with Crippen LogP contribution in [0.15, 0.2) is 0 Å². The summed E-state index contributed by atoms with van der Waals surface area (Å²) in [7, 11) is 3.34. The highest BCUT2D eigenvalue weighted by molar-refractivity contribution is 5.81. The first-order valence-electron chi connectivity index (χ1n) is 5.55. The van der Waals surface area contributed by atoms with Gasteiger partial charge in [-0.2, -0.15) is 0 Å². The first-order valence-corrected chi connectivity index (χ1v) is 5.55. The van der Waals surface area contributed by atoms with Crippen molar-refractivity contribution in [3.05, 3.63) is 0 Å². The molecule has 1 heterocycles. The highest BCUT2D eigenvalue weighted by Crippen LogP contribution is 2.21. The molecule has 0 amide bonds. The summed E-state index contributed by atoms with van der Waals surface area (Å²) in [5.41, 5.74) is -0.708. The normalized spacial score (nSPS) is 20.0. The van der Waals surface area contributed by atoms with E-state index in [0.29, 0.717) is 39.1 Å². The van der Waals surface area contributed by atoms with Crippen LogP contribution in [-0.2, 0) is 14.3 Å². The minimum Gasteiger partial charge on any atom is -0.388 e. The van der Waals surface area contributed by atoms with Crippen molar-refractivity contribution >= 4 is 5.78 Å². The molecule has 0 radical (unpaired) electrons. The number of likely N-dealkylation sites (N-methyl/N-ethyl adjacent to an activating group) is 1. The smallest absolute Gasteiger partial charge is 0.172 e. The Kier molecular flexibility index (Phi) is 5.34. The van der Waals surface area contributed by atoms with Gasteiger partial charge in [0.25, 0.3) is 0 Å². The Hall–Kier alpha value is -0.490. The second-order valence-electron chi connectivity index (χ2n) is 4.48. The van der Waals surface area contributed by atoms with Crippen molar-refractivity contribution < 1.29 is 19.4 Å². The molecule has 5 nitrogen and oxygen atoms in total. The van der Waals surface area contributed by atoms with Crippen LogP contribution in [0.2, 0.25) is 0 Å². The fourth-order valence-corrected chi connectivity index (χ4v) is 1.98. The lowest BCUT2D eigenvalue weighted by Crippen LogP contribution is -2.47. The molecule has 1 aliphatic heterocycles. The van der Waals surface area contributed by atoms with Gasteiger partial charge in [0.05, 0.1) is 12.1 Å². The van der Waals surface area contributed by atoms with Crippen molar-refractivity contribution in [2.24, 2.45) is 0 Å². The zero-order chi connectivity index (χ0) is 12.0. The minimum atomic E-state index is -0.708. The van der Waals surface area contributed by atoms with E-state index in [0.717, 1.165) is 0 Å². The van der Waals surface area contributed by atoms with Crippen LogP contribution in [0.4, 0.5) is 0 Å². The van der Waals surface area contributed by atoms with Crippen molar-refractivity contribution in [1.82, 2.24) is 4.90 Å². The van der Waals surface area contributed by atoms with Crippen LogP contribution in [0, 0.1) is 0 Å². The van der Waals surface area contributed by atoms with Crippen LogP contribution < -0.4 is 0 Å². The van der Waals surface area contributed by atoms with E-state index >= 15 is 0 Å². The number of Topliss-reactive ketones (excluding diaryl/α,β-unsaturated/α-hetero) is 1. The SMILES string of the molecule is COCC(=O)CN(C)CC1(O)CCOCC1. The number of hydrogen-bond acceptors (Lipinski definition) is 5. The van der Waals surface area contributed by atoms with Gasteiger partial charge in [-0.1, -0.05) is 0 Å². The first-order chi connectivity index (χ1) is 7.56. The Balaban J connectivity index is 2.31. The number of rotatable bonds is 6. The standard InChI is InChI=1S/C11H21NO4/c1-12(7-10(13)8-15-2)9-11(14)3-5-16-6-4-11/h14H,3-9H2,1-2H3. The molecule has 0 spiro atoms. The summed E-state index contributed by atoms with van der Waals surface area (Å²) < 4.78 is 9.96. The number of nitrogens with zero attached hydrogens (tertiary/aromatic N) is 1. The topological polar surface area (TPSA) is 59.0 Å². The molecule has 1 rings (SSSR count). The third kappa shape index (κ3) is 4.57. The lowest BCUT2D eigenvalue weighted by atomic mass is 9.94. The summed E-state index contributed by atoms with van der Waals surface area (Å²) in [4.78, 5) is 13.2. The molecule has 0 saturated carbocycles. The van der Waals surface area contributed by atoms with Crippen LogP contribution >= 0.6 is 0 Å². The van der Waals surface area contributed by atoms with Crippen molar-refractivity contribution in [2.45, 2.75) is 18.4 Å². The molecule has 0 atom stereocenters. The Morgan fingerprint density at radius 3 is 2.69 bits per heavy atom. The van der Waals surface area contributed by atoms with Gasteiger partial charge in [-0.15, -0.1) is 0 Å². The maximum absolute atomic E-state index is 11.3. The third-order valence-electron chi connectivity index (χ3n) is 2.74. The molecule has 94 valence electrons. The number of methoxy groups -OCH3 is 1. The Labute approximate surface area is 96.3 Å². The monoisotopic (exact) mass is 231 g/mol. The minimum absolute atomic E-state index is 0.0284. The molecule has 1 fully saturated rings. The predicted molar refractivity (Wildman–Crippen MR) is 59.4 cm³/mol. The summed E-state index contributed by atoms with van der Waals surface area (Å²) in [6, 6.07) is 0. The molecular weight excluding hydrogens is 210 g/mol. The molecular formula is C11H21NO4. The molecule has 1 N–H and O–H groups in total. The molecule has 1 saturated heterocycles. The number of hydrogen-bond donors (Lipinski definition) is 1. The average molecular weight is 231 g/mol. The first kappa shape index (κ1) is 13.6. The quantitative estimate of drug-likeness (QED) is 0.678. The number of aliphatic hydroxyl groups is 1. The lowest BCUT2D eigenvalue weighted by Gasteiger charge is -2.35. The van der Waals surface area contributed by atoms with Crippen LogP contribution in [0.3, 0.4) is 0 Å². The van der Waals surface area contributed by atoms with Crippen molar-refractivity contribution in [1.29, 1.82) is 0 Å². The van der Waals surface area contributed by atoms with Gasteiger partial charge in [-0.3, -0.25) is 9.69 Å². The van der Waals surface area contributed by atoms with Crippen LogP contribution in [0.1, 0.15) is 12.8 Å². The van der Waals surface area contributed by atoms with Crippen molar-refractivity contribution in [2.75, 3.05) is 47.1 Å². The van der Waals surface area contributed by atoms with Crippen molar-refractivity contribution in [3.63, 3.8) is 0 Å². The molecule has 16 heavy (non-hydrogen) atoms. The molecule has 0 aromatic heterocycles. The fraction of sp³-hybridized carbons (Fsp3) is 0.909. The van der Waals surface area contributed by atoms with E-state index in [1.807, 2.05) is 11.9 Å². The summed E-state index contributed by atoms with van der Waals surface area (Å²) >= 11 is 0. The molecule has 0 unspecified atom stereocenters. The maximum Gasteiger partial charge on any atom is 0.172 e. The number of ether oxygens (including phenoxy) is 2. The average Bonchev–Trinajstić information content (AvgIpc) is 2.17. The molecule has 0 aromatic rings. The lowest BCUT2D eigenvalue weighted by molar-refractivity contribution is -0.125. The molecule has 5 heteroatoms. The van der Waals surface area contributed by atoms with Gasteiger partial charge in [0, 0.05) is 39.7 Å². The van der Waals surface area contributed by atoms with Crippen LogP contribution in [-0.4, -0.2) is 68.5 Å². The van der Waals surface area contributed by atoms with Gasteiger partial charge in [-0.05, 0) is 7.05 Å². The van der Waals surface area contributed by atoms with Gasteiger partial charge in [0.15, 0.2) is 5.78 Å². The van der Waals surface area contributed by atoms with E-state index in [1.165, 1.54) is 7.11 Å². The molecule has 1 aliphatic rings. The number of carbonyl (C=O) groups is 1.